The predicted molar refractivity (Wildman–Crippen MR) is 80.2 cm³/mol. The van der Waals surface area contributed by atoms with E-state index in [2.05, 4.69) is 20.5 Å². The molecule has 0 fully saturated rings. The van der Waals surface area contributed by atoms with Gasteiger partial charge in [-0.2, -0.15) is 0 Å². The van der Waals surface area contributed by atoms with E-state index >= 15 is 0 Å². The first-order valence-electron chi connectivity index (χ1n) is 6.19. The van der Waals surface area contributed by atoms with Gasteiger partial charge in [0.05, 0.1) is 12.5 Å². The quantitative estimate of drug-likeness (QED) is 0.749. The van der Waals surface area contributed by atoms with Gasteiger partial charge in [-0.05, 0) is 36.4 Å². The smallest absolute Gasteiger partial charge is 0.257 e. The van der Waals surface area contributed by atoms with Gasteiger partial charge in [0, 0.05) is 5.56 Å². The van der Waals surface area contributed by atoms with Crippen molar-refractivity contribution < 1.29 is 13.6 Å². The highest BCUT2D eigenvalue weighted by Crippen LogP contribution is 2.23. The molecule has 110 valence electrons. The number of rotatable bonds is 4. The van der Waals surface area contributed by atoms with Gasteiger partial charge in [0.15, 0.2) is 0 Å². The molecule has 0 aliphatic rings. The lowest BCUT2D eigenvalue weighted by Gasteiger charge is -2.00. The monoisotopic (exact) mass is 316 g/mol. The second-order valence-corrected chi connectivity index (χ2v) is 5.08. The summed E-state index contributed by atoms with van der Waals surface area (Å²) in [5.74, 6) is -0.202. The average Bonchev–Trinajstić information content (AvgIpc) is 3.17. The van der Waals surface area contributed by atoms with Crippen LogP contribution in [0.1, 0.15) is 16.1 Å². The highest BCUT2D eigenvalue weighted by atomic mass is 32.1. The number of carbonyl (C=O) groups excluding carboxylic acids is 1. The van der Waals surface area contributed by atoms with Crippen molar-refractivity contribution >= 4 is 33.7 Å². The van der Waals surface area contributed by atoms with Crippen molar-refractivity contribution in [3.8, 4) is 0 Å². The van der Waals surface area contributed by atoms with Gasteiger partial charge in [-0.3, -0.25) is 10.1 Å². The van der Waals surface area contributed by atoms with Crippen LogP contribution >= 0.6 is 11.3 Å². The molecule has 2 heterocycles. The molecule has 6 nitrogen and oxygen atoms in total. The van der Waals surface area contributed by atoms with Crippen molar-refractivity contribution in [2.45, 2.75) is 0 Å². The number of aliphatic imine (C=N–C) groups is 1. The Hall–Kier alpha value is -2.87. The van der Waals surface area contributed by atoms with Crippen LogP contribution in [0.25, 0.3) is 0 Å². The summed E-state index contributed by atoms with van der Waals surface area (Å²) in [5.41, 5.74) is 0.331. The Labute approximate surface area is 128 Å². The Balaban J connectivity index is 1.66. The SMILES string of the molecule is O=C(Nc1nnc(/N=C/c2ccco2)s1)c1ccc(F)cc1. The van der Waals surface area contributed by atoms with E-state index in [1.165, 1.54) is 36.7 Å². The Kier molecular flexibility index (Phi) is 4.01. The normalized spacial score (nSPS) is 11.0. The molecule has 1 N–H and O–H groups in total. The van der Waals surface area contributed by atoms with E-state index in [-0.39, 0.29) is 0 Å². The van der Waals surface area contributed by atoms with Crippen molar-refractivity contribution in [1.29, 1.82) is 0 Å². The van der Waals surface area contributed by atoms with Crippen molar-refractivity contribution in [2.24, 2.45) is 4.99 Å². The fraction of sp³-hybridized carbons (Fsp3) is 0. The van der Waals surface area contributed by atoms with Gasteiger partial charge in [-0.25, -0.2) is 9.38 Å². The predicted octanol–water partition coefficient (Wildman–Crippen LogP) is 3.27. The van der Waals surface area contributed by atoms with Crippen LogP contribution in [0.2, 0.25) is 0 Å². The number of carbonyl (C=O) groups is 1. The van der Waals surface area contributed by atoms with Gasteiger partial charge in [0.1, 0.15) is 11.6 Å². The Morgan fingerprint density at radius 2 is 2.09 bits per heavy atom. The number of hydrogen-bond donors (Lipinski definition) is 1. The molecule has 1 amide bonds. The second kappa shape index (κ2) is 6.27. The molecule has 3 aromatic rings. The van der Waals surface area contributed by atoms with Crippen molar-refractivity contribution in [3.05, 3.63) is 59.8 Å². The van der Waals surface area contributed by atoms with Crippen LogP contribution < -0.4 is 5.32 Å². The van der Waals surface area contributed by atoms with E-state index in [1.807, 2.05) is 0 Å². The Bertz CT molecular complexity index is 797. The molecule has 2 aromatic heterocycles. The third-order valence-corrected chi connectivity index (χ3v) is 3.33. The van der Waals surface area contributed by atoms with Crippen LogP contribution in [-0.4, -0.2) is 22.3 Å². The number of furan rings is 1. The van der Waals surface area contributed by atoms with Crippen LogP contribution in [0.4, 0.5) is 14.7 Å². The maximum atomic E-state index is 12.8. The molecule has 8 heteroatoms. The average molecular weight is 316 g/mol. The maximum Gasteiger partial charge on any atom is 0.257 e. The van der Waals surface area contributed by atoms with Gasteiger partial charge in [0.25, 0.3) is 5.91 Å². The van der Waals surface area contributed by atoms with E-state index in [1.54, 1.807) is 12.1 Å². The molecule has 22 heavy (non-hydrogen) atoms. The largest absolute Gasteiger partial charge is 0.463 e. The molecule has 0 saturated heterocycles. The maximum absolute atomic E-state index is 12.8. The van der Waals surface area contributed by atoms with Gasteiger partial charge < -0.3 is 4.42 Å². The van der Waals surface area contributed by atoms with E-state index in [0.29, 0.717) is 21.6 Å². The van der Waals surface area contributed by atoms with E-state index < -0.39 is 11.7 Å². The summed E-state index contributed by atoms with van der Waals surface area (Å²) in [6.07, 6.45) is 3.04. The fourth-order valence-corrected chi connectivity index (χ4v) is 2.16. The molecule has 3 rings (SSSR count). The standard InChI is InChI=1S/C14H9FN4O2S/c15-10-5-3-9(4-6-10)12(20)17-14-19-18-13(22-14)16-8-11-2-1-7-21-11/h1-8H,(H,17,19,20)/b16-8+. The third-order valence-electron chi connectivity index (χ3n) is 2.59. The zero-order chi connectivity index (χ0) is 15.4. The first kappa shape index (κ1) is 14.1. The lowest BCUT2D eigenvalue weighted by atomic mass is 10.2. The molecular weight excluding hydrogens is 307 g/mol. The molecule has 0 aliphatic heterocycles. The second-order valence-electron chi connectivity index (χ2n) is 4.12. The number of hydrogen-bond acceptors (Lipinski definition) is 6. The number of anilines is 1. The third kappa shape index (κ3) is 3.41. The summed E-state index contributed by atoms with van der Waals surface area (Å²) in [6.45, 7) is 0. The summed E-state index contributed by atoms with van der Waals surface area (Å²) >= 11 is 1.11. The summed E-state index contributed by atoms with van der Waals surface area (Å²) in [4.78, 5) is 16.0. The number of benzene rings is 1. The molecule has 1 aromatic carbocycles. The van der Waals surface area contributed by atoms with E-state index in [4.69, 9.17) is 4.42 Å². The summed E-state index contributed by atoms with van der Waals surface area (Å²) in [7, 11) is 0. The molecule has 0 saturated carbocycles. The van der Waals surface area contributed by atoms with Crippen LogP contribution in [0.15, 0.2) is 52.1 Å². The zero-order valence-electron chi connectivity index (χ0n) is 11.1. The van der Waals surface area contributed by atoms with Gasteiger partial charge in [0.2, 0.25) is 10.3 Å². The highest BCUT2D eigenvalue weighted by molar-refractivity contribution is 7.18. The molecule has 0 bridgehead atoms. The minimum Gasteiger partial charge on any atom is -0.463 e. The van der Waals surface area contributed by atoms with Crippen molar-refractivity contribution in [2.75, 3.05) is 5.32 Å². The minimum atomic E-state index is -0.401. The fourth-order valence-electron chi connectivity index (χ4n) is 1.57. The van der Waals surface area contributed by atoms with Crippen molar-refractivity contribution in [3.63, 3.8) is 0 Å². The summed E-state index contributed by atoms with van der Waals surface area (Å²) < 4.78 is 17.9. The Morgan fingerprint density at radius 3 is 2.82 bits per heavy atom. The van der Waals surface area contributed by atoms with E-state index in [9.17, 15) is 9.18 Å². The zero-order valence-corrected chi connectivity index (χ0v) is 11.9. The van der Waals surface area contributed by atoms with Gasteiger partial charge in [-0.15, -0.1) is 10.2 Å². The lowest BCUT2D eigenvalue weighted by Crippen LogP contribution is -2.11. The molecule has 0 unspecified atom stereocenters. The molecule has 0 aliphatic carbocycles. The number of aromatic nitrogens is 2. The lowest BCUT2D eigenvalue weighted by molar-refractivity contribution is 0.102. The van der Waals surface area contributed by atoms with Crippen molar-refractivity contribution in [1.82, 2.24) is 10.2 Å². The molecule has 0 radical (unpaired) electrons. The van der Waals surface area contributed by atoms with Gasteiger partial charge >= 0.3 is 0 Å². The molecular formula is C14H9FN4O2S. The first-order chi connectivity index (χ1) is 10.7. The number of nitrogens with zero attached hydrogens (tertiary/aromatic N) is 3. The molecule has 0 atom stereocenters. The highest BCUT2D eigenvalue weighted by Gasteiger charge is 2.09. The minimum absolute atomic E-state index is 0.306. The van der Waals surface area contributed by atoms with Crippen LogP contribution in [0.3, 0.4) is 0 Å². The molecule has 0 spiro atoms. The summed E-state index contributed by atoms with van der Waals surface area (Å²) in [5, 5.41) is 10.9. The first-order valence-corrected chi connectivity index (χ1v) is 7.00. The van der Waals surface area contributed by atoms with Crippen LogP contribution in [0.5, 0.6) is 0 Å². The van der Waals surface area contributed by atoms with E-state index in [0.717, 1.165) is 11.3 Å². The number of halogens is 1. The summed E-state index contributed by atoms with van der Waals surface area (Å²) in [6, 6.07) is 8.71. The van der Waals surface area contributed by atoms with Gasteiger partial charge in [-0.1, -0.05) is 11.3 Å². The Morgan fingerprint density at radius 1 is 1.27 bits per heavy atom. The van der Waals surface area contributed by atoms with Crippen LogP contribution in [-0.2, 0) is 0 Å². The number of amides is 1. The van der Waals surface area contributed by atoms with Crippen LogP contribution in [0, 0.1) is 5.82 Å². The topological polar surface area (TPSA) is 80.4 Å². The number of nitrogens with one attached hydrogen (secondary N) is 1.